The SMILES string of the molecule is c1ccc2c(c1)-c1ccc(-c3ccc(-n4c5ccccc5c5cc(-c6ccc7c(c6)c6ccccc6n7-c6ccc7ccccc7c6)ccc54)cc3)cc1C21C2CC3CC(C2)CC1C3. The summed E-state index contributed by atoms with van der Waals surface area (Å²) in [5.41, 5.74) is 18.8. The summed E-state index contributed by atoms with van der Waals surface area (Å²) < 4.78 is 4.88. The minimum absolute atomic E-state index is 0.180. The third-order valence-corrected chi connectivity index (χ3v) is 16.7. The maximum absolute atomic E-state index is 2.62. The van der Waals surface area contributed by atoms with Gasteiger partial charge in [0, 0.05) is 38.3 Å². The summed E-state index contributed by atoms with van der Waals surface area (Å²) >= 11 is 0. The van der Waals surface area contributed by atoms with Crippen LogP contribution in [0.25, 0.3) is 99.1 Å². The fourth-order valence-corrected chi connectivity index (χ4v) is 14.3. The Hall–Kier alpha value is -7.16. The summed E-state index contributed by atoms with van der Waals surface area (Å²) in [7, 11) is 0. The Morgan fingerprint density at radius 1 is 0.328 bits per heavy atom. The second-order valence-corrected chi connectivity index (χ2v) is 19.7. The van der Waals surface area contributed by atoms with Gasteiger partial charge in [-0.3, -0.25) is 0 Å². The van der Waals surface area contributed by atoms with Crippen LogP contribution in [0.15, 0.2) is 194 Å². The number of hydrogen-bond donors (Lipinski definition) is 0. The topological polar surface area (TPSA) is 9.86 Å². The van der Waals surface area contributed by atoms with Crippen LogP contribution in [0.2, 0.25) is 0 Å². The standard InChI is InChI=1S/C62H46N2/c1-2-10-42-34-49(25-19-40(42)9-1)64-59-16-8-5-13-53(59)55-36-44(22-28-61(55)64)43-21-27-60-54(35-43)52-12-4-7-15-58(52)63(60)48-23-17-41(18-24-48)45-20-26-51-50-11-3-6-14-56(50)62(57(51)37-45)46-30-38-29-39(32-46)33-47(62)31-38/h1-28,34-39,46-47H,29-33H2. The van der Waals surface area contributed by atoms with E-state index in [-0.39, 0.29) is 5.41 Å². The van der Waals surface area contributed by atoms with Crippen molar-refractivity contribution in [1.29, 1.82) is 0 Å². The maximum atomic E-state index is 2.62. The van der Waals surface area contributed by atoms with Gasteiger partial charge in [-0.15, -0.1) is 0 Å². The summed E-state index contributed by atoms with van der Waals surface area (Å²) in [5, 5.41) is 7.60. The molecule has 0 aliphatic heterocycles. The minimum atomic E-state index is 0.180. The fraction of sp³-hybridized carbons (Fsp3) is 0.161. The molecule has 2 nitrogen and oxygen atoms in total. The highest BCUT2D eigenvalue weighted by Gasteiger charge is 2.61. The van der Waals surface area contributed by atoms with E-state index in [2.05, 4.69) is 203 Å². The van der Waals surface area contributed by atoms with E-state index in [1.165, 1.54) is 131 Å². The molecule has 16 rings (SSSR count). The fourth-order valence-electron chi connectivity index (χ4n) is 14.3. The van der Waals surface area contributed by atoms with E-state index in [0.29, 0.717) is 0 Å². The average molecular weight is 819 g/mol. The molecule has 5 aliphatic carbocycles. The number of nitrogens with zero attached hydrogens (tertiary/aromatic N) is 2. The lowest BCUT2D eigenvalue weighted by atomic mass is 9.43. The molecular formula is C62H46N2. The summed E-state index contributed by atoms with van der Waals surface area (Å²) in [6.07, 6.45) is 7.12. The van der Waals surface area contributed by atoms with Gasteiger partial charge < -0.3 is 9.13 Å². The average Bonchev–Trinajstić information content (AvgIpc) is 3.96. The van der Waals surface area contributed by atoms with E-state index in [1.54, 1.807) is 11.1 Å². The first kappa shape index (κ1) is 35.3. The lowest BCUT2D eigenvalue weighted by Crippen LogP contribution is -2.55. The third kappa shape index (κ3) is 4.76. The molecule has 0 unspecified atom stereocenters. The monoisotopic (exact) mass is 818 g/mol. The summed E-state index contributed by atoms with van der Waals surface area (Å²) in [4.78, 5) is 0. The lowest BCUT2D eigenvalue weighted by Gasteiger charge is -2.61. The zero-order valence-corrected chi connectivity index (χ0v) is 35.7. The van der Waals surface area contributed by atoms with Crippen LogP contribution >= 0.6 is 0 Å². The Balaban J connectivity index is 0.813. The molecule has 4 bridgehead atoms. The van der Waals surface area contributed by atoms with Crippen molar-refractivity contribution in [1.82, 2.24) is 9.13 Å². The molecule has 0 saturated heterocycles. The molecule has 9 aromatic carbocycles. The highest BCUT2D eigenvalue weighted by molar-refractivity contribution is 6.13. The predicted octanol–water partition coefficient (Wildman–Crippen LogP) is 16.1. The first-order chi connectivity index (χ1) is 31.7. The van der Waals surface area contributed by atoms with E-state index in [0.717, 1.165) is 23.7 Å². The molecule has 304 valence electrons. The molecule has 0 N–H and O–H groups in total. The van der Waals surface area contributed by atoms with Crippen molar-refractivity contribution in [3.63, 3.8) is 0 Å². The maximum Gasteiger partial charge on any atom is 0.0541 e. The van der Waals surface area contributed by atoms with Crippen molar-refractivity contribution < 1.29 is 0 Å². The Kier molecular flexibility index (Phi) is 7.15. The Bertz CT molecular complexity index is 3720. The largest absolute Gasteiger partial charge is 0.309 e. The van der Waals surface area contributed by atoms with E-state index < -0.39 is 0 Å². The summed E-state index contributed by atoms with van der Waals surface area (Å²) in [6, 6.07) is 73.6. The quantitative estimate of drug-likeness (QED) is 0.167. The number of hydrogen-bond acceptors (Lipinski definition) is 0. The second kappa shape index (κ2) is 13.0. The van der Waals surface area contributed by atoms with Gasteiger partial charge in [-0.05, 0) is 178 Å². The van der Waals surface area contributed by atoms with Gasteiger partial charge in [0.25, 0.3) is 0 Å². The number of rotatable bonds is 4. The molecule has 5 aliphatic rings. The zero-order valence-electron chi connectivity index (χ0n) is 35.7. The molecule has 2 heteroatoms. The number of benzene rings is 9. The highest BCUT2D eigenvalue weighted by Crippen LogP contribution is 2.69. The molecule has 4 saturated carbocycles. The van der Waals surface area contributed by atoms with Crippen molar-refractivity contribution in [2.75, 3.05) is 0 Å². The molecule has 1 spiro atoms. The van der Waals surface area contributed by atoms with E-state index in [9.17, 15) is 0 Å². The van der Waals surface area contributed by atoms with Crippen LogP contribution in [-0.2, 0) is 5.41 Å². The van der Waals surface area contributed by atoms with Gasteiger partial charge in [-0.25, -0.2) is 0 Å². The Morgan fingerprint density at radius 3 is 1.52 bits per heavy atom. The smallest absolute Gasteiger partial charge is 0.0541 e. The van der Waals surface area contributed by atoms with Crippen LogP contribution in [0.4, 0.5) is 0 Å². The van der Waals surface area contributed by atoms with Crippen molar-refractivity contribution in [3.8, 4) is 44.8 Å². The van der Waals surface area contributed by atoms with Gasteiger partial charge in [0.05, 0.1) is 22.1 Å². The molecule has 0 radical (unpaired) electrons. The van der Waals surface area contributed by atoms with Gasteiger partial charge in [-0.1, -0.05) is 127 Å². The molecule has 2 heterocycles. The van der Waals surface area contributed by atoms with Gasteiger partial charge in [-0.2, -0.15) is 0 Å². The van der Waals surface area contributed by atoms with E-state index >= 15 is 0 Å². The number of aromatic nitrogens is 2. The molecule has 11 aromatic rings. The lowest BCUT2D eigenvalue weighted by molar-refractivity contribution is -0.0399. The first-order valence-corrected chi connectivity index (χ1v) is 23.6. The zero-order chi connectivity index (χ0) is 41.7. The second-order valence-electron chi connectivity index (χ2n) is 19.7. The number of fused-ring (bicyclic) bond motifs is 10. The minimum Gasteiger partial charge on any atom is -0.309 e. The predicted molar refractivity (Wildman–Crippen MR) is 267 cm³/mol. The molecule has 64 heavy (non-hydrogen) atoms. The van der Waals surface area contributed by atoms with Gasteiger partial charge in [0.2, 0.25) is 0 Å². The molecular weight excluding hydrogens is 773 g/mol. The van der Waals surface area contributed by atoms with Crippen LogP contribution < -0.4 is 0 Å². The first-order valence-electron chi connectivity index (χ1n) is 23.6. The Morgan fingerprint density at radius 2 is 0.828 bits per heavy atom. The molecule has 2 aromatic heterocycles. The van der Waals surface area contributed by atoms with Crippen LogP contribution in [0.3, 0.4) is 0 Å². The van der Waals surface area contributed by atoms with Crippen LogP contribution in [0.5, 0.6) is 0 Å². The normalized spacial score (nSPS) is 21.8. The van der Waals surface area contributed by atoms with Gasteiger partial charge in [0.1, 0.15) is 0 Å². The highest BCUT2D eigenvalue weighted by atomic mass is 15.0. The van der Waals surface area contributed by atoms with Crippen LogP contribution in [0.1, 0.15) is 43.2 Å². The van der Waals surface area contributed by atoms with Crippen LogP contribution in [-0.4, -0.2) is 9.13 Å². The van der Waals surface area contributed by atoms with Crippen molar-refractivity contribution in [2.24, 2.45) is 23.7 Å². The third-order valence-electron chi connectivity index (χ3n) is 16.7. The number of para-hydroxylation sites is 2. The Labute approximate surface area is 373 Å². The van der Waals surface area contributed by atoms with Crippen molar-refractivity contribution in [3.05, 3.63) is 205 Å². The van der Waals surface area contributed by atoms with E-state index in [4.69, 9.17) is 0 Å². The summed E-state index contributed by atoms with van der Waals surface area (Å²) in [6.45, 7) is 0. The molecule has 4 fully saturated rings. The van der Waals surface area contributed by atoms with Crippen molar-refractivity contribution >= 4 is 54.4 Å². The summed E-state index contributed by atoms with van der Waals surface area (Å²) in [5.74, 6) is 3.42. The van der Waals surface area contributed by atoms with Gasteiger partial charge >= 0.3 is 0 Å². The molecule has 0 atom stereocenters. The van der Waals surface area contributed by atoms with Crippen LogP contribution in [0, 0.1) is 23.7 Å². The van der Waals surface area contributed by atoms with E-state index in [1.807, 2.05) is 0 Å². The van der Waals surface area contributed by atoms with Gasteiger partial charge in [0.15, 0.2) is 0 Å². The van der Waals surface area contributed by atoms with Crippen molar-refractivity contribution in [2.45, 2.75) is 37.5 Å². The molecule has 0 amide bonds.